The average Bonchev–Trinajstić information content (AvgIpc) is 2.55. The summed E-state index contributed by atoms with van der Waals surface area (Å²) in [6, 6.07) is 1.93. The molecule has 7 nitrogen and oxygen atoms in total. The number of nitrogens with two attached hydrogens (primary N) is 2. The lowest BCUT2D eigenvalue weighted by molar-refractivity contribution is -0.140. The molecule has 7 heteroatoms. The quantitative estimate of drug-likeness (QED) is 0.524. The molecule has 0 aliphatic carbocycles. The average molecular weight is 216 g/mol. The molecule has 0 bridgehead atoms. The molecule has 1 aromatic heterocycles. The van der Waals surface area contributed by atoms with Gasteiger partial charge in [-0.2, -0.15) is 0 Å². The van der Waals surface area contributed by atoms with Crippen molar-refractivity contribution in [2.45, 2.75) is 12.5 Å². The van der Waals surface area contributed by atoms with Gasteiger partial charge in [0.1, 0.15) is 6.04 Å². The predicted molar refractivity (Wildman–Crippen MR) is 49.8 cm³/mol. The highest BCUT2D eigenvalue weighted by atomic mass is 16.5. The second-order valence-electron chi connectivity index (χ2n) is 2.57. The Morgan fingerprint density at radius 2 is 2.13 bits per heavy atom. The van der Waals surface area contributed by atoms with Crippen LogP contribution in [0.1, 0.15) is 6.42 Å². The van der Waals surface area contributed by atoms with Crippen molar-refractivity contribution in [3.63, 3.8) is 0 Å². The van der Waals surface area contributed by atoms with Crippen LogP contribution in [0.5, 0.6) is 5.95 Å². The van der Waals surface area contributed by atoms with Gasteiger partial charge in [0.05, 0.1) is 12.7 Å². The number of amides is 1. The van der Waals surface area contributed by atoms with Crippen LogP contribution >= 0.6 is 0 Å². The predicted octanol–water partition coefficient (Wildman–Crippen LogP) is -0.741. The van der Waals surface area contributed by atoms with E-state index in [2.05, 4.69) is 10.2 Å². The van der Waals surface area contributed by atoms with Gasteiger partial charge in [0.15, 0.2) is 0 Å². The number of carboxylic acids is 1. The zero-order chi connectivity index (χ0) is 11.8. The number of rotatable bonds is 3. The van der Waals surface area contributed by atoms with Gasteiger partial charge < -0.3 is 26.1 Å². The summed E-state index contributed by atoms with van der Waals surface area (Å²) in [5.41, 5.74) is 9.57. The molecule has 1 atom stereocenters. The van der Waals surface area contributed by atoms with E-state index in [1.165, 1.54) is 12.3 Å². The number of hydrogen-bond donors (Lipinski definition) is 4. The lowest BCUT2D eigenvalue weighted by Crippen LogP contribution is -2.34. The maximum absolute atomic E-state index is 9.99. The van der Waals surface area contributed by atoms with Crippen molar-refractivity contribution in [1.82, 2.24) is 0 Å². The van der Waals surface area contributed by atoms with E-state index >= 15 is 0 Å². The Kier molecular flexibility index (Phi) is 5.57. The third kappa shape index (κ3) is 7.08. The standard InChI is InChI=1S/C4H8N2O3.C4H4O2/c5-2(4(8)9)1-3(6)7;5-4-2-1-3-6-4/h2H,1,5H2,(H2,6,7)(H,8,9);1-3,5H. The first-order valence-electron chi connectivity index (χ1n) is 3.92. The van der Waals surface area contributed by atoms with Crippen LogP contribution < -0.4 is 11.5 Å². The molecule has 0 saturated carbocycles. The van der Waals surface area contributed by atoms with Crippen LogP contribution in [0.4, 0.5) is 0 Å². The Morgan fingerprint density at radius 3 is 2.27 bits per heavy atom. The first-order chi connectivity index (χ1) is 6.93. The van der Waals surface area contributed by atoms with E-state index in [4.69, 9.17) is 15.9 Å². The monoisotopic (exact) mass is 216 g/mol. The molecule has 1 amide bonds. The van der Waals surface area contributed by atoms with E-state index in [0.717, 1.165) is 0 Å². The van der Waals surface area contributed by atoms with Crippen molar-refractivity contribution in [3.05, 3.63) is 18.4 Å². The molecule has 1 rings (SSSR count). The second-order valence-corrected chi connectivity index (χ2v) is 2.57. The molecule has 0 aliphatic rings. The number of carboxylic acid groups (broad SMARTS) is 1. The first-order valence-corrected chi connectivity index (χ1v) is 3.92. The van der Waals surface area contributed by atoms with Crippen LogP contribution in [0.25, 0.3) is 0 Å². The highest BCUT2D eigenvalue weighted by molar-refractivity contribution is 5.83. The number of carbonyl (C=O) groups excluding carboxylic acids is 1. The molecule has 6 N–H and O–H groups in total. The second kappa shape index (κ2) is 6.44. The summed E-state index contributed by atoms with van der Waals surface area (Å²) in [5.74, 6) is -1.95. The maximum atomic E-state index is 9.99. The lowest BCUT2D eigenvalue weighted by atomic mass is 10.2. The van der Waals surface area contributed by atoms with E-state index in [1.54, 1.807) is 6.07 Å². The third-order valence-corrected chi connectivity index (χ3v) is 1.24. The van der Waals surface area contributed by atoms with Crippen LogP contribution in [0, 0.1) is 0 Å². The summed E-state index contributed by atoms with van der Waals surface area (Å²) in [6.45, 7) is 0. The minimum Gasteiger partial charge on any atom is -0.481 e. The highest BCUT2D eigenvalue weighted by Gasteiger charge is 2.13. The Balaban J connectivity index is 0.000000280. The number of carbonyl (C=O) groups is 2. The van der Waals surface area contributed by atoms with Gasteiger partial charge in [0.2, 0.25) is 5.91 Å². The highest BCUT2D eigenvalue weighted by Crippen LogP contribution is 2.04. The van der Waals surface area contributed by atoms with Crippen LogP contribution in [0.15, 0.2) is 22.8 Å². The minimum atomic E-state index is -1.21. The van der Waals surface area contributed by atoms with Gasteiger partial charge in [-0.15, -0.1) is 0 Å². The zero-order valence-electron chi connectivity index (χ0n) is 7.79. The summed E-state index contributed by atoms with van der Waals surface area (Å²) >= 11 is 0. The fourth-order valence-corrected chi connectivity index (χ4v) is 0.574. The SMILES string of the molecule is NC(=O)CC(N)C(=O)O.Oc1ccco1. The molecular formula is C8H12N2O5. The number of furan rings is 1. The number of aromatic hydroxyl groups is 1. The van der Waals surface area contributed by atoms with Gasteiger partial charge in [-0.3, -0.25) is 9.59 Å². The Morgan fingerprint density at radius 1 is 1.53 bits per heavy atom. The molecular weight excluding hydrogens is 204 g/mol. The normalized spacial score (nSPS) is 11.0. The van der Waals surface area contributed by atoms with Crippen LogP contribution in [0.3, 0.4) is 0 Å². The van der Waals surface area contributed by atoms with E-state index in [9.17, 15) is 9.59 Å². The maximum Gasteiger partial charge on any atom is 0.321 e. The van der Waals surface area contributed by atoms with E-state index in [1.807, 2.05) is 0 Å². The van der Waals surface area contributed by atoms with Crippen molar-refractivity contribution < 1.29 is 24.2 Å². The van der Waals surface area contributed by atoms with Gasteiger partial charge in [0.25, 0.3) is 5.95 Å². The Bertz CT molecular complexity index is 309. The van der Waals surface area contributed by atoms with Crippen molar-refractivity contribution in [2.75, 3.05) is 0 Å². The van der Waals surface area contributed by atoms with E-state index in [0.29, 0.717) is 0 Å². The molecule has 15 heavy (non-hydrogen) atoms. The van der Waals surface area contributed by atoms with Crippen LogP contribution in [-0.4, -0.2) is 28.1 Å². The molecule has 1 aromatic rings. The summed E-state index contributed by atoms with van der Waals surface area (Å²) < 4.78 is 4.39. The zero-order valence-corrected chi connectivity index (χ0v) is 7.79. The van der Waals surface area contributed by atoms with Crippen molar-refractivity contribution in [3.8, 4) is 5.95 Å². The third-order valence-electron chi connectivity index (χ3n) is 1.24. The molecule has 84 valence electrons. The Hall–Kier alpha value is -2.02. The van der Waals surface area contributed by atoms with E-state index < -0.39 is 17.9 Å². The first kappa shape index (κ1) is 13.0. The molecule has 0 aliphatic heterocycles. The molecule has 0 radical (unpaired) electrons. The van der Waals surface area contributed by atoms with Gasteiger partial charge in [-0.25, -0.2) is 0 Å². The summed E-state index contributed by atoms with van der Waals surface area (Å²) in [4.78, 5) is 19.9. The number of aliphatic carboxylic acids is 1. The summed E-state index contributed by atoms with van der Waals surface area (Å²) in [5, 5.41) is 16.4. The Labute approximate surface area is 85.3 Å². The largest absolute Gasteiger partial charge is 0.481 e. The smallest absolute Gasteiger partial charge is 0.321 e. The summed E-state index contributed by atoms with van der Waals surface area (Å²) in [6.07, 6.45) is 1.10. The van der Waals surface area contributed by atoms with Crippen molar-refractivity contribution in [2.24, 2.45) is 11.5 Å². The molecule has 0 aromatic carbocycles. The van der Waals surface area contributed by atoms with Gasteiger partial charge >= 0.3 is 5.97 Å². The topological polar surface area (TPSA) is 140 Å². The van der Waals surface area contributed by atoms with Crippen LogP contribution in [-0.2, 0) is 9.59 Å². The number of hydrogen-bond acceptors (Lipinski definition) is 5. The summed E-state index contributed by atoms with van der Waals surface area (Å²) in [7, 11) is 0. The molecule has 1 unspecified atom stereocenters. The van der Waals surface area contributed by atoms with Crippen molar-refractivity contribution >= 4 is 11.9 Å². The van der Waals surface area contributed by atoms with E-state index in [-0.39, 0.29) is 12.4 Å². The fourth-order valence-electron chi connectivity index (χ4n) is 0.574. The fraction of sp³-hybridized carbons (Fsp3) is 0.250. The molecule has 1 heterocycles. The van der Waals surface area contributed by atoms with Gasteiger partial charge in [-0.05, 0) is 6.07 Å². The molecule has 0 saturated heterocycles. The lowest BCUT2D eigenvalue weighted by Gasteiger charge is -1.99. The van der Waals surface area contributed by atoms with Gasteiger partial charge in [-0.1, -0.05) is 0 Å². The van der Waals surface area contributed by atoms with Crippen molar-refractivity contribution in [1.29, 1.82) is 0 Å². The van der Waals surface area contributed by atoms with Crippen LogP contribution in [0.2, 0.25) is 0 Å². The molecule has 0 fully saturated rings. The number of primary amides is 1. The minimum absolute atomic E-state index is 0.0324. The molecule has 0 spiro atoms. The van der Waals surface area contributed by atoms with Gasteiger partial charge in [0, 0.05) is 6.07 Å².